The van der Waals surface area contributed by atoms with Crippen LogP contribution in [0.4, 0.5) is 16.3 Å². The van der Waals surface area contributed by atoms with E-state index in [4.69, 9.17) is 5.10 Å². The zero-order chi connectivity index (χ0) is 28.3. The van der Waals surface area contributed by atoms with E-state index in [-0.39, 0.29) is 23.9 Å². The molecule has 39 heavy (non-hydrogen) atoms. The summed E-state index contributed by atoms with van der Waals surface area (Å²) in [6.07, 6.45) is 2.32. The minimum atomic E-state index is -0.239. The van der Waals surface area contributed by atoms with Crippen LogP contribution >= 0.6 is 0 Å². The molecule has 0 aliphatic carbocycles. The number of pyridine rings is 1. The van der Waals surface area contributed by atoms with E-state index in [1.165, 1.54) is 9.80 Å². The first-order valence-electron chi connectivity index (χ1n) is 12.9. The third kappa shape index (κ3) is 6.19. The molecule has 4 amide bonds. The van der Waals surface area contributed by atoms with Gasteiger partial charge in [-0.25, -0.2) is 9.78 Å². The molecule has 206 valence electrons. The van der Waals surface area contributed by atoms with Gasteiger partial charge in [0.05, 0.1) is 5.56 Å². The quantitative estimate of drug-likeness (QED) is 0.483. The van der Waals surface area contributed by atoms with Gasteiger partial charge >= 0.3 is 6.03 Å². The zero-order valence-electron chi connectivity index (χ0n) is 23.4. The van der Waals surface area contributed by atoms with Crippen molar-refractivity contribution in [2.45, 2.75) is 39.4 Å². The lowest BCUT2D eigenvalue weighted by molar-refractivity contribution is 0.0826. The molecule has 3 aromatic rings. The first-order valence-corrected chi connectivity index (χ1v) is 12.9. The Morgan fingerprint density at radius 3 is 2.31 bits per heavy atom. The molecule has 2 aromatic heterocycles. The summed E-state index contributed by atoms with van der Waals surface area (Å²) in [5.74, 6) is 0.415. The summed E-state index contributed by atoms with van der Waals surface area (Å²) in [5, 5.41) is 10.5. The summed E-state index contributed by atoms with van der Waals surface area (Å²) in [4.78, 5) is 47.0. The average molecular weight is 533 g/mol. The number of carbonyl (C=O) groups excluding carboxylic acids is 3. The number of urea groups is 1. The highest BCUT2D eigenvalue weighted by molar-refractivity contribution is 5.94. The molecule has 0 fully saturated rings. The van der Waals surface area contributed by atoms with Gasteiger partial charge in [0.25, 0.3) is 11.8 Å². The zero-order valence-corrected chi connectivity index (χ0v) is 23.4. The molecule has 0 saturated carbocycles. The Balaban J connectivity index is 1.48. The standard InChI is InChI=1S/C28H36N8O3/c1-18(2)36-23-13-14-35(24-12-9-20(16-29-24)27(38)33(3)4)17-22(23)25(32-36)26(37)30-15-19-7-10-21(11-8-19)31-28(39)34(5)6/h7-12,16,18H,13-15,17H2,1-6H3,(H,30,37)(H,31,39). The van der Waals surface area contributed by atoms with E-state index in [0.29, 0.717) is 30.0 Å². The molecule has 11 nitrogen and oxygen atoms in total. The van der Waals surface area contributed by atoms with Crippen molar-refractivity contribution >= 4 is 29.4 Å². The largest absolute Gasteiger partial charge is 0.352 e. The lowest BCUT2D eigenvalue weighted by Gasteiger charge is -2.29. The maximum absolute atomic E-state index is 13.3. The molecular formula is C28H36N8O3. The number of carbonyl (C=O) groups is 3. The van der Waals surface area contributed by atoms with Gasteiger partial charge in [0.15, 0.2) is 5.69 Å². The highest BCUT2D eigenvalue weighted by Crippen LogP contribution is 2.28. The fourth-order valence-electron chi connectivity index (χ4n) is 4.42. The summed E-state index contributed by atoms with van der Waals surface area (Å²) in [6, 6.07) is 10.9. The van der Waals surface area contributed by atoms with Crippen LogP contribution in [0.1, 0.15) is 57.6 Å². The molecule has 0 bridgehead atoms. The number of hydrogen-bond donors (Lipinski definition) is 2. The highest BCUT2D eigenvalue weighted by atomic mass is 16.2. The van der Waals surface area contributed by atoms with Crippen LogP contribution < -0.4 is 15.5 Å². The fourth-order valence-corrected chi connectivity index (χ4v) is 4.42. The second kappa shape index (κ2) is 11.5. The number of fused-ring (bicyclic) bond motifs is 1. The highest BCUT2D eigenvalue weighted by Gasteiger charge is 2.29. The summed E-state index contributed by atoms with van der Waals surface area (Å²) in [5.41, 5.74) is 4.49. The van der Waals surface area contributed by atoms with Crippen molar-refractivity contribution in [2.75, 3.05) is 45.0 Å². The van der Waals surface area contributed by atoms with Crippen molar-refractivity contribution in [3.05, 3.63) is 70.7 Å². The van der Waals surface area contributed by atoms with E-state index in [0.717, 1.165) is 35.6 Å². The Kier molecular flexibility index (Phi) is 8.18. The number of amides is 4. The Morgan fingerprint density at radius 2 is 1.72 bits per heavy atom. The van der Waals surface area contributed by atoms with Gasteiger partial charge in [0.1, 0.15) is 5.82 Å². The second-order valence-corrected chi connectivity index (χ2v) is 10.3. The maximum Gasteiger partial charge on any atom is 0.321 e. The molecule has 1 aromatic carbocycles. The molecule has 11 heteroatoms. The van der Waals surface area contributed by atoms with Crippen molar-refractivity contribution < 1.29 is 14.4 Å². The Labute approximate surface area is 228 Å². The molecule has 0 unspecified atom stereocenters. The van der Waals surface area contributed by atoms with Crippen LogP contribution in [-0.4, -0.2) is 77.1 Å². The third-order valence-corrected chi connectivity index (χ3v) is 6.58. The van der Waals surface area contributed by atoms with Gasteiger partial charge in [-0.2, -0.15) is 5.10 Å². The fraction of sp³-hybridized carbons (Fsp3) is 0.393. The van der Waals surface area contributed by atoms with E-state index >= 15 is 0 Å². The van der Waals surface area contributed by atoms with Crippen LogP contribution in [0, 0.1) is 0 Å². The summed E-state index contributed by atoms with van der Waals surface area (Å²) >= 11 is 0. The van der Waals surface area contributed by atoms with Gasteiger partial charge < -0.3 is 25.3 Å². The minimum Gasteiger partial charge on any atom is -0.352 e. The summed E-state index contributed by atoms with van der Waals surface area (Å²) < 4.78 is 1.94. The Hall–Kier alpha value is -4.41. The predicted molar refractivity (Wildman–Crippen MR) is 150 cm³/mol. The average Bonchev–Trinajstić information content (AvgIpc) is 3.31. The molecule has 0 radical (unpaired) electrons. The smallest absolute Gasteiger partial charge is 0.321 e. The normalized spacial score (nSPS) is 12.6. The summed E-state index contributed by atoms with van der Waals surface area (Å²) in [6.45, 7) is 5.67. The van der Waals surface area contributed by atoms with Crippen LogP contribution in [0.2, 0.25) is 0 Å². The number of nitrogens with zero attached hydrogens (tertiary/aromatic N) is 6. The maximum atomic E-state index is 13.3. The number of rotatable bonds is 7. The molecule has 2 N–H and O–H groups in total. The van der Waals surface area contributed by atoms with Crippen LogP contribution in [-0.2, 0) is 19.5 Å². The van der Waals surface area contributed by atoms with Crippen LogP contribution in [0.3, 0.4) is 0 Å². The topological polar surface area (TPSA) is 116 Å². The first kappa shape index (κ1) is 27.6. The van der Waals surface area contributed by atoms with Crippen LogP contribution in [0.25, 0.3) is 0 Å². The lowest BCUT2D eigenvalue weighted by atomic mass is 10.0. The van der Waals surface area contributed by atoms with E-state index in [9.17, 15) is 14.4 Å². The molecule has 0 atom stereocenters. The van der Waals surface area contributed by atoms with Crippen molar-refractivity contribution in [1.82, 2.24) is 29.9 Å². The number of nitrogens with one attached hydrogen (secondary N) is 2. The molecule has 3 heterocycles. The van der Waals surface area contributed by atoms with Gasteiger partial charge in [-0.05, 0) is 43.7 Å². The lowest BCUT2D eigenvalue weighted by Crippen LogP contribution is -2.33. The number of anilines is 2. The van der Waals surface area contributed by atoms with Crippen molar-refractivity contribution in [1.29, 1.82) is 0 Å². The Morgan fingerprint density at radius 1 is 1.00 bits per heavy atom. The van der Waals surface area contributed by atoms with E-state index in [1.807, 2.05) is 22.9 Å². The molecule has 1 aliphatic heterocycles. The van der Waals surface area contributed by atoms with Gasteiger partial charge in [0.2, 0.25) is 0 Å². The van der Waals surface area contributed by atoms with Crippen molar-refractivity contribution in [3.63, 3.8) is 0 Å². The van der Waals surface area contributed by atoms with Gasteiger partial charge in [0, 0.05) is 83.4 Å². The second-order valence-electron chi connectivity index (χ2n) is 10.3. The van der Waals surface area contributed by atoms with Gasteiger partial charge in [-0.15, -0.1) is 0 Å². The molecule has 0 spiro atoms. The van der Waals surface area contributed by atoms with Crippen molar-refractivity contribution in [2.24, 2.45) is 0 Å². The third-order valence-electron chi connectivity index (χ3n) is 6.58. The van der Waals surface area contributed by atoms with E-state index in [1.54, 1.807) is 52.6 Å². The monoisotopic (exact) mass is 532 g/mol. The molecular weight excluding hydrogens is 496 g/mol. The van der Waals surface area contributed by atoms with E-state index < -0.39 is 0 Å². The SMILES string of the molecule is CC(C)n1nc(C(=O)NCc2ccc(NC(=O)N(C)C)cc2)c2c1CCN(c1ccc(C(=O)N(C)C)cn1)C2. The number of aromatic nitrogens is 3. The van der Waals surface area contributed by atoms with Crippen molar-refractivity contribution in [3.8, 4) is 0 Å². The molecule has 4 rings (SSSR count). The predicted octanol–water partition coefficient (Wildman–Crippen LogP) is 3.15. The molecule has 0 saturated heterocycles. The van der Waals surface area contributed by atoms with Crippen LogP contribution in [0.5, 0.6) is 0 Å². The Bertz CT molecular complexity index is 1340. The number of benzene rings is 1. The molecule has 1 aliphatic rings. The minimum absolute atomic E-state index is 0.0971. The van der Waals surface area contributed by atoms with Crippen LogP contribution in [0.15, 0.2) is 42.6 Å². The van der Waals surface area contributed by atoms with Gasteiger partial charge in [-0.3, -0.25) is 14.3 Å². The van der Waals surface area contributed by atoms with Gasteiger partial charge in [-0.1, -0.05) is 12.1 Å². The number of hydrogen-bond acceptors (Lipinski definition) is 6. The summed E-state index contributed by atoms with van der Waals surface area (Å²) in [7, 11) is 6.78. The van der Waals surface area contributed by atoms with E-state index in [2.05, 4.69) is 34.4 Å². The first-order chi connectivity index (χ1) is 18.5.